The number of rotatable bonds is 13. The van der Waals surface area contributed by atoms with Crippen LogP contribution in [0.2, 0.25) is 0 Å². The molecule has 0 radical (unpaired) electrons. The van der Waals surface area contributed by atoms with Gasteiger partial charge < -0.3 is 14.0 Å². The van der Waals surface area contributed by atoms with Crippen LogP contribution in [0.5, 0.6) is 23.0 Å². The molecular formula is C58H43N5O6S2. The first kappa shape index (κ1) is 44.8. The second kappa shape index (κ2) is 18.3. The maximum atomic E-state index is 13.9. The molecule has 0 amide bonds. The number of ether oxygens (including phenoxy) is 2. The fourth-order valence-electron chi connectivity index (χ4n) is 8.51. The summed E-state index contributed by atoms with van der Waals surface area (Å²) in [7, 11) is -5.52. The smallest absolute Gasteiger partial charge is 0.206 e. The van der Waals surface area contributed by atoms with Crippen LogP contribution in [0.1, 0.15) is 16.7 Å². The standard InChI is InChI=1S/C58H43N5O6S2/c1-39-14-30-47(31-15-39)70(64,65)49-34-26-45(27-35-49)68-43-22-16-40(17-23-43)38-41-18-24-44(25-19-41)69-46-28-36-50(37-29-46)71(66,67)48-32-20-42(21-33-48)63-56-13-6-4-9-52(56)61-58(63)54-11-7-10-53(59-54)57-60-51-8-3-5-12-55(51)62(57)2/h3-37H,38H2,1-2H3. The molecule has 0 atom stereocenters. The predicted molar refractivity (Wildman–Crippen MR) is 275 cm³/mol. The number of aryl methyl sites for hydroxylation is 2. The number of pyridine rings is 1. The Morgan fingerprint density at radius 1 is 0.408 bits per heavy atom. The highest BCUT2D eigenvalue weighted by atomic mass is 32.2. The lowest BCUT2D eigenvalue weighted by Gasteiger charge is -2.12. The molecule has 0 bridgehead atoms. The van der Waals surface area contributed by atoms with Gasteiger partial charge in [0, 0.05) is 12.7 Å². The van der Waals surface area contributed by atoms with Crippen LogP contribution in [0.25, 0.3) is 50.8 Å². The third-order valence-electron chi connectivity index (χ3n) is 12.3. The molecule has 0 spiro atoms. The van der Waals surface area contributed by atoms with E-state index in [1.165, 1.54) is 0 Å². The zero-order valence-corrected chi connectivity index (χ0v) is 40.0. The van der Waals surface area contributed by atoms with Crippen molar-refractivity contribution < 1.29 is 26.3 Å². The first-order valence-corrected chi connectivity index (χ1v) is 25.7. The van der Waals surface area contributed by atoms with E-state index in [0.717, 1.165) is 50.3 Å². The van der Waals surface area contributed by atoms with E-state index in [1.54, 1.807) is 97.1 Å². The molecule has 11 aromatic rings. The van der Waals surface area contributed by atoms with Crippen molar-refractivity contribution >= 4 is 41.7 Å². The van der Waals surface area contributed by atoms with E-state index >= 15 is 0 Å². The molecule has 11 nitrogen and oxygen atoms in total. The van der Waals surface area contributed by atoms with Gasteiger partial charge in [-0.15, -0.1) is 0 Å². The predicted octanol–water partition coefficient (Wildman–Crippen LogP) is 12.8. The van der Waals surface area contributed by atoms with Crippen molar-refractivity contribution in [1.29, 1.82) is 0 Å². The van der Waals surface area contributed by atoms with Crippen LogP contribution in [0.3, 0.4) is 0 Å². The normalized spacial score (nSPS) is 11.8. The molecule has 0 aliphatic carbocycles. The summed E-state index contributed by atoms with van der Waals surface area (Å²) in [5.74, 6) is 3.62. The van der Waals surface area contributed by atoms with Gasteiger partial charge in [-0.25, -0.2) is 31.8 Å². The van der Waals surface area contributed by atoms with Crippen LogP contribution in [0, 0.1) is 6.92 Å². The van der Waals surface area contributed by atoms with E-state index in [9.17, 15) is 16.8 Å². The molecule has 348 valence electrons. The molecule has 3 aromatic heterocycles. The first-order valence-electron chi connectivity index (χ1n) is 22.7. The highest BCUT2D eigenvalue weighted by molar-refractivity contribution is 7.91. The van der Waals surface area contributed by atoms with E-state index < -0.39 is 19.7 Å². The van der Waals surface area contributed by atoms with Crippen molar-refractivity contribution in [2.45, 2.75) is 32.9 Å². The second-order valence-electron chi connectivity index (χ2n) is 17.1. The zero-order chi connectivity index (χ0) is 48.7. The fourth-order valence-corrected chi connectivity index (χ4v) is 11.0. The van der Waals surface area contributed by atoms with Crippen molar-refractivity contribution in [3.05, 3.63) is 229 Å². The van der Waals surface area contributed by atoms with Crippen LogP contribution in [0.15, 0.2) is 232 Å². The summed E-state index contributed by atoms with van der Waals surface area (Å²) in [6.07, 6.45) is 0.676. The SMILES string of the molecule is Cc1ccc(S(=O)(=O)c2ccc(Oc3ccc(Cc4ccc(Oc5ccc(S(=O)(=O)c6ccc(-n7c(-c8cccc(-c9nc%10ccccc%10n9C)n8)nc8ccccc87)cc6)cc5)cc4)cc3)cc2)cc1. The Bertz CT molecular complexity index is 3970. The number of para-hydroxylation sites is 4. The van der Waals surface area contributed by atoms with Crippen molar-refractivity contribution in [2.24, 2.45) is 7.05 Å². The Labute approximate surface area is 410 Å². The van der Waals surface area contributed by atoms with E-state index in [-0.39, 0.29) is 19.6 Å². The number of sulfone groups is 2. The Balaban J connectivity index is 0.735. The van der Waals surface area contributed by atoms with Gasteiger partial charge in [0.2, 0.25) is 19.7 Å². The summed E-state index contributed by atoms with van der Waals surface area (Å²) in [6.45, 7) is 1.91. The number of aromatic nitrogens is 5. The highest BCUT2D eigenvalue weighted by Crippen LogP contribution is 2.33. The lowest BCUT2D eigenvalue weighted by Crippen LogP contribution is -2.04. The Hall–Kier alpha value is -8.65. The van der Waals surface area contributed by atoms with Crippen LogP contribution in [-0.2, 0) is 33.1 Å². The average Bonchev–Trinajstić information content (AvgIpc) is 3.96. The lowest BCUT2D eigenvalue weighted by molar-refractivity contribution is 0.482. The summed E-state index contributed by atoms with van der Waals surface area (Å²) >= 11 is 0. The molecule has 0 saturated carbocycles. The number of hydrogen-bond donors (Lipinski definition) is 0. The van der Waals surface area contributed by atoms with Crippen molar-refractivity contribution in [2.75, 3.05) is 0 Å². The average molecular weight is 970 g/mol. The molecule has 0 N–H and O–H groups in total. The molecule has 0 unspecified atom stereocenters. The van der Waals surface area contributed by atoms with Gasteiger partial charge in [-0.3, -0.25) is 4.57 Å². The summed E-state index contributed by atoms with van der Waals surface area (Å²) in [6, 6.07) is 63.5. The summed E-state index contributed by atoms with van der Waals surface area (Å²) < 4.78 is 70.1. The molecule has 71 heavy (non-hydrogen) atoms. The molecule has 13 heteroatoms. The van der Waals surface area contributed by atoms with E-state index in [0.29, 0.717) is 46.6 Å². The Morgan fingerprint density at radius 3 is 1.30 bits per heavy atom. The molecule has 8 aromatic carbocycles. The second-order valence-corrected chi connectivity index (χ2v) is 21.0. The maximum Gasteiger partial charge on any atom is 0.206 e. The van der Waals surface area contributed by atoms with Gasteiger partial charge in [0.25, 0.3) is 0 Å². The summed E-state index contributed by atoms with van der Waals surface area (Å²) in [4.78, 5) is 15.6. The lowest BCUT2D eigenvalue weighted by atomic mass is 10.0. The van der Waals surface area contributed by atoms with Crippen LogP contribution in [-0.4, -0.2) is 40.9 Å². The number of benzene rings is 8. The molecule has 0 aliphatic heterocycles. The van der Waals surface area contributed by atoms with Gasteiger partial charge >= 0.3 is 0 Å². The minimum atomic E-state index is -3.87. The Kier molecular flexibility index (Phi) is 11.6. The Morgan fingerprint density at radius 2 is 0.803 bits per heavy atom. The third-order valence-corrected chi connectivity index (χ3v) is 15.9. The first-order chi connectivity index (χ1) is 34.5. The largest absolute Gasteiger partial charge is 0.457 e. The molecule has 0 fully saturated rings. The molecular weight excluding hydrogens is 927 g/mol. The van der Waals surface area contributed by atoms with Crippen LogP contribution < -0.4 is 9.47 Å². The number of imidazole rings is 2. The summed E-state index contributed by atoms with van der Waals surface area (Å²) in [5.41, 5.74) is 8.75. The van der Waals surface area contributed by atoms with Crippen molar-refractivity contribution in [1.82, 2.24) is 24.1 Å². The number of nitrogens with zero attached hydrogens (tertiary/aromatic N) is 5. The van der Waals surface area contributed by atoms with E-state index in [2.05, 4.69) is 0 Å². The molecule has 0 aliphatic rings. The molecule has 3 heterocycles. The molecule has 11 rings (SSSR count). The monoisotopic (exact) mass is 969 g/mol. The van der Waals surface area contributed by atoms with Gasteiger partial charge in [0.05, 0.1) is 41.6 Å². The quantitative estimate of drug-likeness (QED) is 0.111. The topological polar surface area (TPSA) is 135 Å². The highest BCUT2D eigenvalue weighted by Gasteiger charge is 2.22. The van der Waals surface area contributed by atoms with Gasteiger partial charge in [0.15, 0.2) is 11.6 Å². The van der Waals surface area contributed by atoms with Gasteiger partial charge in [-0.1, -0.05) is 72.3 Å². The minimum Gasteiger partial charge on any atom is -0.457 e. The third kappa shape index (κ3) is 8.95. The summed E-state index contributed by atoms with van der Waals surface area (Å²) in [5, 5.41) is 0. The molecule has 0 saturated heterocycles. The number of fused-ring (bicyclic) bond motifs is 2. The van der Waals surface area contributed by atoms with Crippen molar-refractivity contribution in [3.63, 3.8) is 0 Å². The maximum absolute atomic E-state index is 13.9. The van der Waals surface area contributed by atoms with Gasteiger partial charge in [-0.2, -0.15) is 0 Å². The van der Waals surface area contributed by atoms with Gasteiger partial charge in [0.1, 0.15) is 34.4 Å². The minimum absolute atomic E-state index is 0.142. The van der Waals surface area contributed by atoms with Crippen LogP contribution in [0.4, 0.5) is 0 Å². The van der Waals surface area contributed by atoms with Gasteiger partial charge in [-0.05, 0) is 170 Å². The fraction of sp³-hybridized carbons (Fsp3) is 0.0517. The number of hydrogen-bond acceptors (Lipinski definition) is 9. The zero-order valence-electron chi connectivity index (χ0n) is 38.4. The van der Waals surface area contributed by atoms with E-state index in [1.807, 2.05) is 138 Å². The van der Waals surface area contributed by atoms with Crippen LogP contribution >= 0.6 is 0 Å². The van der Waals surface area contributed by atoms with Crippen molar-refractivity contribution in [3.8, 4) is 51.7 Å². The van der Waals surface area contributed by atoms with E-state index in [4.69, 9.17) is 24.4 Å².